The number of piperazine rings is 1. The topological polar surface area (TPSA) is 102 Å². The Kier molecular flexibility index (Phi) is 11.9. The first-order valence-corrected chi connectivity index (χ1v) is 16.9. The van der Waals surface area contributed by atoms with Crippen molar-refractivity contribution in [1.82, 2.24) is 19.8 Å². The molecule has 1 N–H and O–H groups in total. The second-order valence-electron chi connectivity index (χ2n) is 11.2. The molecule has 1 saturated heterocycles. The number of hydrogen-bond acceptors (Lipinski definition) is 11. The minimum atomic E-state index is -0.723. The van der Waals surface area contributed by atoms with Gasteiger partial charge in [-0.2, -0.15) is 4.98 Å². The second kappa shape index (κ2) is 16.5. The summed E-state index contributed by atoms with van der Waals surface area (Å²) in [6.07, 6.45) is 2.67. The van der Waals surface area contributed by atoms with E-state index < -0.39 is 11.9 Å². The molecule has 0 radical (unpaired) electrons. The number of para-hydroxylation sites is 1. The SMILES string of the molecule is COc1ccc(N(C(=O)Oc2ccccc2SC)c2ccnc(Nc3ccc(OCCN4CCN(C(C)C)CC4)c(F)c3)n2)c(OC)c1. The Morgan fingerprint density at radius 1 is 0.979 bits per heavy atom. The molecule has 3 aromatic carbocycles. The van der Waals surface area contributed by atoms with E-state index in [1.165, 1.54) is 36.0 Å². The van der Waals surface area contributed by atoms with Crippen LogP contribution in [-0.2, 0) is 0 Å². The van der Waals surface area contributed by atoms with E-state index in [9.17, 15) is 4.79 Å². The molecule has 1 fully saturated rings. The number of carbonyl (C=O) groups is 1. The summed E-state index contributed by atoms with van der Waals surface area (Å²) in [7, 11) is 3.03. The van der Waals surface area contributed by atoms with Crippen LogP contribution in [0.1, 0.15) is 13.8 Å². The highest BCUT2D eigenvalue weighted by molar-refractivity contribution is 7.98. The molecule has 0 atom stereocenters. The molecule has 1 aromatic heterocycles. The molecule has 0 unspecified atom stereocenters. The molecule has 4 aromatic rings. The van der Waals surface area contributed by atoms with Gasteiger partial charge in [-0.25, -0.2) is 19.1 Å². The quantitative estimate of drug-likeness (QED) is 0.151. The number of nitrogens with one attached hydrogen (secondary N) is 1. The number of hydrogen-bond donors (Lipinski definition) is 1. The van der Waals surface area contributed by atoms with Crippen LogP contribution in [0, 0.1) is 5.82 Å². The number of methoxy groups -OCH3 is 2. The second-order valence-corrected chi connectivity index (χ2v) is 12.1. The first-order chi connectivity index (χ1) is 23.3. The van der Waals surface area contributed by atoms with Gasteiger partial charge in [0, 0.05) is 73.7 Å². The van der Waals surface area contributed by atoms with Gasteiger partial charge in [-0.15, -0.1) is 11.8 Å². The van der Waals surface area contributed by atoms with Gasteiger partial charge in [-0.05, 0) is 56.5 Å². The van der Waals surface area contributed by atoms with Crippen molar-refractivity contribution in [2.24, 2.45) is 0 Å². The monoisotopic (exact) mass is 676 g/mol. The van der Waals surface area contributed by atoms with Gasteiger partial charge in [0.15, 0.2) is 11.6 Å². The fraction of sp³-hybridized carbons (Fsp3) is 0.343. The summed E-state index contributed by atoms with van der Waals surface area (Å²) in [6, 6.07) is 19.0. The number of halogens is 1. The third-order valence-corrected chi connectivity index (χ3v) is 8.71. The van der Waals surface area contributed by atoms with Gasteiger partial charge in [-0.3, -0.25) is 9.80 Å². The van der Waals surface area contributed by atoms with Gasteiger partial charge in [0.2, 0.25) is 5.95 Å². The predicted octanol–water partition coefficient (Wildman–Crippen LogP) is 6.84. The number of thioether (sulfide) groups is 1. The molecule has 0 spiro atoms. The summed E-state index contributed by atoms with van der Waals surface area (Å²) in [6.45, 7) is 9.52. The Labute approximate surface area is 285 Å². The first kappa shape index (κ1) is 34.7. The van der Waals surface area contributed by atoms with Crippen LogP contribution >= 0.6 is 11.8 Å². The lowest BCUT2D eigenvalue weighted by Gasteiger charge is -2.36. The maximum Gasteiger partial charge on any atom is 0.425 e. The van der Waals surface area contributed by atoms with E-state index in [0.29, 0.717) is 41.3 Å². The highest BCUT2D eigenvalue weighted by Crippen LogP contribution is 2.38. The molecule has 0 bridgehead atoms. The highest BCUT2D eigenvalue weighted by atomic mass is 32.2. The molecular formula is C35H41FN6O5S. The van der Waals surface area contributed by atoms with Crippen LogP contribution in [0.4, 0.5) is 32.3 Å². The van der Waals surface area contributed by atoms with Crippen LogP contribution in [0.5, 0.6) is 23.0 Å². The van der Waals surface area contributed by atoms with Crippen LogP contribution in [0.2, 0.25) is 0 Å². The summed E-state index contributed by atoms with van der Waals surface area (Å²) in [5.74, 6) is 1.27. The lowest BCUT2D eigenvalue weighted by atomic mass is 10.2. The third kappa shape index (κ3) is 8.65. The van der Waals surface area contributed by atoms with Crippen LogP contribution in [-0.4, -0.2) is 91.7 Å². The predicted molar refractivity (Wildman–Crippen MR) is 186 cm³/mol. The molecule has 1 aliphatic heterocycles. The minimum absolute atomic E-state index is 0.135. The number of ether oxygens (including phenoxy) is 4. The molecule has 13 heteroatoms. The summed E-state index contributed by atoms with van der Waals surface area (Å²) >= 11 is 1.45. The molecule has 1 amide bonds. The average molecular weight is 677 g/mol. The van der Waals surface area contributed by atoms with E-state index in [4.69, 9.17) is 18.9 Å². The lowest BCUT2D eigenvalue weighted by Crippen LogP contribution is -2.49. The van der Waals surface area contributed by atoms with E-state index in [-0.39, 0.29) is 17.5 Å². The van der Waals surface area contributed by atoms with Crippen molar-refractivity contribution < 1.29 is 28.1 Å². The molecule has 11 nitrogen and oxygen atoms in total. The van der Waals surface area contributed by atoms with E-state index >= 15 is 4.39 Å². The number of nitrogens with zero attached hydrogens (tertiary/aromatic N) is 5. The molecule has 2 heterocycles. The number of carbonyl (C=O) groups excluding carboxylic acids is 1. The smallest absolute Gasteiger partial charge is 0.425 e. The van der Waals surface area contributed by atoms with E-state index in [0.717, 1.165) is 37.6 Å². The van der Waals surface area contributed by atoms with Crippen molar-refractivity contribution in [3.05, 3.63) is 78.7 Å². The molecule has 254 valence electrons. The van der Waals surface area contributed by atoms with Crippen molar-refractivity contribution >= 4 is 41.0 Å². The van der Waals surface area contributed by atoms with E-state index in [1.807, 2.05) is 18.4 Å². The van der Waals surface area contributed by atoms with Crippen molar-refractivity contribution in [3.63, 3.8) is 0 Å². The van der Waals surface area contributed by atoms with Gasteiger partial charge >= 0.3 is 6.09 Å². The summed E-state index contributed by atoms with van der Waals surface area (Å²) in [4.78, 5) is 29.6. The number of anilines is 4. The zero-order valence-corrected chi connectivity index (χ0v) is 28.6. The fourth-order valence-electron chi connectivity index (χ4n) is 5.27. The highest BCUT2D eigenvalue weighted by Gasteiger charge is 2.27. The Bertz CT molecular complexity index is 1690. The largest absolute Gasteiger partial charge is 0.497 e. The summed E-state index contributed by atoms with van der Waals surface area (Å²) in [5, 5.41) is 3.03. The standard InChI is InChI=1S/C35H41FN6O5S/c1-24(2)41-18-16-40(17-19-41)20-21-46-29-13-10-25(22-27(29)36)38-34-37-15-14-33(39-34)42(28-12-11-26(44-3)23-31(28)45-4)35(43)47-30-8-6-7-9-32(30)48-5/h6-15,22-24H,16-21H2,1-5H3,(H,37,38,39). The van der Waals surface area contributed by atoms with Gasteiger partial charge in [-0.1, -0.05) is 12.1 Å². The molecule has 5 rings (SSSR count). The fourth-order valence-corrected chi connectivity index (χ4v) is 5.80. The average Bonchev–Trinajstić information content (AvgIpc) is 3.10. The maximum atomic E-state index is 15.1. The molecule has 1 aliphatic rings. The zero-order valence-electron chi connectivity index (χ0n) is 27.8. The van der Waals surface area contributed by atoms with Crippen molar-refractivity contribution in [2.45, 2.75) is 24.8 Å². The third-order valence-electron chi connectivity index (χ3n) is 7.94. The molecular weight excluding hydrogens is 635 g/mol. The van der Waals surface area contributed by atoms with Crippen LogP contribution in [0.3, 0.4) is 0 Å². The van der Waals surface area contributed by atoms with Crippen molar-refractivity contribution in [3.8, 4) is 23.0 Å². The molecule has 0 saturated carbocycles. The van der Waals surface area contributed by atoms with Crippen LogP contribution < -0.4 is 29.2 Å². The van der Waals surface area contributed by atoms with Crippen LogP contribution in [0.15, 0.2) is 77.8 Å². The Balaban J connectivity index is 1.32. The van der Waals surface area contributed by atoms with Crippen molar-refractivity contribution in [2.75, 3.05) is 70.0 Å². The summed E-state index contributed by atoms with van der Waals surface area (Å²) < 4.78 is 37.7. The first-order valence-electron chi connectivity index (χ1n) is 15.7. The Morgan fingerprint density at radius 2 is 1.77 bits per heavy atom. The van der Waals surface area contributed by atoms with E-state index in [1.54, 1.807) is 55.6 Å². The zero-order chi connectivity index (χ0) is 34.0. The normalized spacial score (nSPS) is 13.6. The van der Waals surface area contributed by atoms with Gasteiger partial charge < -0.3 is 24.3 Å². The molecule has 0 aliphatic carbocycles. The molecule has 48 heavy (non-hydrogen) atoms. The minimum Gasteiger partial charge on any atom is -0.497 e. The van der Waals surface area contributed by atoms with E-state index in [2.05, 4.69) is 38.9 Å². The summed E-state index contributed by atoms with van der Waals surface area (Å²) in [5.41, 5.74) is 0.774. The van der Waals surface area contributed by atoms with Gasteiger partial charge in [0.25, 0.3) is 0 Å². The number of amides is 1. The van der Waals surface area contributed by atoms with Crippen molar-refractivity contribution in [1.29, 1.82) is 0 Å². The lowest BCUT2D eigenvalue weighted by molar-refractivity contribution is 0.0965. The van der Waals surface area contributed by atoms with Gasteiger partial charge in [0.1, 0.15) is 29.7 Å². The van der Waals surface area contributed by atoms with Crippen LogP contribution in [0.25, 0.3) is 0 Å². The Morgan fingerprint density at radius 3 is 2.48 bits per heavy atom. The number of aromatic nitrogens is 2. The number of benzene rings is 3. The maximum absolute atomic E-state index is 15.1. The van der Waals surface area contributed by atoms with Gasteiger partial charge in [0.05, 0.1) is 19.9 Å². The number of rotatable bonds is 13. The Hall–Kier alpha value is -4.59.